The molecule has 1 aromatic rings. The van der Waals surface area contributed by atoms with Crippen LogP contribution < -0.4 is 0 Å². The predicted octanol–water partition coefficient (Wildman–Crippen LogP) is 1.66. The molecule has 0 aliphatic carbocycles. The van der Waals surface area contributed by atoms with Gasteiger partial charge >= 0.3 is 0 Å². The molecule has 1 fully saturated rings. The zero-order valence-corrected chi connectivity index (χ0v) is 9.17. The minimum absolute atomic E-state index is 0.0964. The van der Waals surface area contributed by atoms with Crippen molar-refractivity contribution < 1.29 is 4.79 Å². The van der Waals surface area contributed by atoms with E-state index in [9.17, 15) is 4.79 Å². The lowest BCUT2D eigenvalue weighted by Gasteiger charge is -2.14. The summed E-state index contributed by atoms with van der Waals surface area (Å²) in [7, 11) is 0. The first-order valence-corrected chi connectivity index (χ1v) is 5.87. The highest BCUT2D eigenvalue weighted by molar-refractivity contribution is 7.09. The second-order valence-corrected chi connectivity index (χ2v) is 4.73. The fraction of sp³-hybridized carbons (Fsp3) is 0.455. The van der Waals surface area contributed by atoms with Crippen LogP contribution in [-0.4, -0.2) is 23.9 Å². The van der Waals surface area contributed by atoms with Gasteiger partial charge in [0.2, 0.25) is 5.91 Å². The van der Waals surface area contributed by atoms with E-state index in [1.807, 2.05) is 11.4 Å². The van der Waals surface area contributed by atoms with Crippen molar-refractivity contribution in [3.63, 3.8) is 0 Å². The third-order valence-electron chi connectivity index (χ3n) is 2.61. The number of hydrogen-bond acceptors (Lipinski definition) is 3. The maximum atomic E-state index is 11.5. The summed E-state index contributed by atoms with van der Waals surface area (Å²) in [5.41, 5.74) is 0. The van der Waals surface area contributed by atoms with Crippen molar-refractivity contribution in [3.05, 3.63) is 22.4 Å². The van der Waals surface area contributed by atoms with Crippen molar-refractivity contribution in [1.29, 1.82) is 5.26 Å². The summed E-state index contributed by atoms with van der Waals surface area (Å²) in [6.07, 6.45) is 1.31. The summed E-state index contributed by atoms with van der Waals surface area (Å²) in [4.78, 5) is 14.6. The van der Waals surface area contributed by atoms with Gasteiger partial charge in [0.1, 0.15) is 0 Å². The second-order valence-electron chi connectivity index (χ2n) is 3.70. The van der Waals surface area contributed by atoms with Gasteiger partial charge < -0.3 is 4.90 Å². The molecule has 1 aromatic heterocycles. The number of likely N-dealkylation sites (tertiary alicyclic amines) is 1. The quantitative estimate of drug-likeness (QED) is 0.777. The Morgan fingerprint density at radius 1 is 1.67 bits per heavy atom. The van der Waals surface area contributed by atoms with Crippen LogP contribution >= 0.6 is 11.3 Å². The lowest BCUT2D eigenvalue weighted by atomic mass is 10.1. The Kier molecular flexibility index (Phi) is 3.02. The highest BCUT2D eigenvalue weighted by Gasteiger charge is 2.28. The van der Waals surface area contributed by atoms with Crippen molar-refractivity contribution in [2.45, 2.75) is 12.8 Å². The molecule has 0 bridgehead atoms. The van der Waals surface area contributed by atoms with E-state index in [0.717, 1.165) is 13.0 Å². The second kappa shape index (κ2) is 4.45. The molecule has 1 aliphatic rings. The summed E-state index contributed by atoms with van der Waals surface area (Å²) in [6.45, 7) is 1.36. The van der Waals surface area contributed by atoms with Gasteiger partial charge in [-0.1, -0.05) is 6.07 Å². The van der Waals surface area contributed by atoms with Gasteiger partial charge in [0.25, 0.3) is 0 Å². The number of nitriles is 1. The molecule has 0 N–H and O–H groups in total. The van der Waals surface area contributed by atoms with E-state index in [1.54, 1.807) is 16.2 Å². The molecular formula is C11H12N2OS. The smallest absolute Gasteiger partial charge is 0.224 e. The molecule has 1 amide bonds. The zero-order chi connectivity index (χ0) is 10.7. The van der Waals surface area contributed by atoms with Gasteiger partial charge in [0.15, 0.2) is 0 Å². The van der Waals surface area contributed by atoms with Crippen molar-refractivity contribution in [2.24, 2.45) is 5.92 Å². The number of rotatable bonds is 3. The first-order valence-electron chi connectivity index (χ1n) is 4.99. The Morgan fingerprint density at radius 2 is 2.53 bits per heavy atom. The minimum Gasteiger partial charge on any atom is -0.341 e. The van der Waals surface area contributed by atoms with Crippen LogP contribution in [0.2, 0.25) is 0 Å². The molecule has 1 unspecified atom stereocenters. The maximum absolute atomic E-state index is 11.5. The van der Waals surface area contributed by atoms with E-state index in [0.29, 0.717) is 13.0 Å². The predicted molar refractivity (Wildman–Crippen MR) is 58.3 cm³/mol. The van der Waals surface area contributed by atoms with Crippen LogP contribution in [-0.2, 0) is 11.2 Å². The summed E-state index contributed by atoms with van der Waals surface area (Å²) in [6, 6.07) is 6.25. The fourth-order valence-corrected chi connectivity index (χ4v) is 2.47. The lowest BCUT2D eigenvalue weighted by molar-refractivity contribution is -0.127. The molecule has 78 valence electrons. The monoisotopic (exact) mass is 220 g/mol. The van der Waals surface area contributed by atoms with Crippen LogP contribution in [0.4, 0.5) is 0 Å². The summed E-state index contributed by atoms with van der Waals surface area (Å²) in [5.74, 6) is 0.0268. The molecule has 2 rings (SSSR count). The fourth-order valence-electron chi connectivity index (χ4n) is 1.77. The molecule has 4 heteroatoms. The zero-order valence-electron chi connectivity index (χ0n) is 8.35. The standard InChI is InChI=1S/C11H12N2OS/c12-7-9-6-11(14)13(8-9)4-3-10-2-1-5-15-10/h1-2,5,9H,3-4,6,8H2. The Balaban J connectivity index is 1.86. The first kappa shape index (κ1) is 10.2. The Hall–Kier alpha value is -1.34. The van der Waals surface area contributed by atoms with E-state index < -0.39 is 0 Å². The van der Waals surface area contributed by atoms with Gasteiger partial charge in [-0.25, -0.2) is 0 Å². The number of hydrogen-bond donors (Lipinski definition) is 0. The average Bonchev–Trinajstić information content (AvgIpc) is 2.84. The molecule has 1 atom stereocenters. The highest BCUT2D eigenvalue weighted by Crippen LogP contribution is 2.18. The number of carbonyl (C=O) groups excluding carboxylic acids is 1. The number of amides is 1. The van der Waals surface area contributed by atoms with Crippen LogP contribution in [0.5, 0.6) is 0 Å². The van der Waals surface area contributed by atoms with Crippen LogP contribution in [0.1, 0.15) is 11.3 Å². The lowest BCUT2D eigenvalue weighted by Crippen LogP contribution is -2.27. The number of nitrogens with zero attached hydrogens (tertiary/aromatic N) is 2. The Morgan fingerprint density at radius 3 is 3.13 bits per heavy atom. The van der Waals surface area contributed by atoms with E-state index in [-0.39, 0.29) is 11.8 Å². The Labute approximate surface area is 92.9 Å². The molecule has 2 heterocycles. The van der Waals surface area contributed by atoms with Crippen molar-refractivity contribution >= 4 is 17.2 Å². The molecule has 1 saturated heterocycles. The van der Waals surface area contributed by atoms with Crippen LogP contribution in [0, 0.1) is 17.2 Å². The molecule has 0 aromatic carbocycles. The van der Waals surface area contributed by atoms with E-state index >= 15 is 0 Å². The summed E-state index contributed by atoms with van der Waals surface area (Å²) >= 11 is 1.71. The van der Waals surface area contributed by atoms with Gasteiger partial charge in [0.05, 0.1) is 12.0 Å². The van der Waals surface area contributed by atoms with Crippen molar-refractivity contribution in [1.82, 2.24) is 4.90 Å². The first-order chi connectivity index (χ1) is 7.29. The van der Waals surface area contributed by atoms with Gasteiger partial charge in [-0.05, 0) is 17.9 Å². The summed E-state index contributed by atoms with van der Waals surface area (Å²) in [5, 5.41) is 10.8. The van der Waals surface area contributed by atoms with Crippen LogP contribution in [0.25, 0.3) is 0 Å². The topological polar surface area (TPSA) is 44.1 Å². The van der Waals surface area contributed by atoms with Crippen molar-refractivity contribution in [2.75, 3.05) is 13.1 Å². The highest BCUT2D eigenvalue weighted by atomic mass is 32.1. The van der Waals surface area contributed by atoms with Gasteiger partial charge in [-0.3, -0.25) is 4.79 Å². The van der Waals surface area contributed by atoms with Crippen molar-refractivity contribution in [3.8, 4) is 6.07 Å². The van der Waals surface area contributed by atoms with E-state index in [2.05, 4.69) is 12.1 Å². The Bertz CT molecular complexity index is 380. The molecular weight excluding hydrogens is 208 g/mol. The normalized spacial score (nSPS) is 20.6. The molecule has 15 heavy (non-hydrogen) atoms. The number of carbonyl (C=O) groups is 1. The van der Waals surface area contributed by atoms with Gasteiger partial charge in [-0.2, -0.15) is 5.26 Å². The molecule has 0 radical (unpaired) electrons. The third kappa shape index (κ3) is 2.37. The van der Waals surface area contributed by atoms with Crippen LogP contribution in [0.15, 0.2) is 17.5 Å². The van der Waals surface area contributed by atoms with Crippen LogP contribution in [0.3, 0.4) is 0 Å². The third-order valence-corrected chi connectivity index (χ3v) is 3.54. The largest absolute Gasteiger partial charge is 0.341 e. The van der Waals surface area contributed by atoms with E-state index in [4.69, 9.17) is 5.26 Å². The molecule has 0 saturated carbocycles. The molecule has 0 spiro atoms. The minimum atomic E-state index is -0.0964. The SMILES string of the molecule is N#CC1CC(=O)N(CCc2cccs2)C1. The van der Waals surface area contributed by atoms with Gasteiger partial charge in [0, 0.05) is 24.4 Å². The molecule has 3 nitrogen and oxygen atoms in total. The maximum Gasteiger partial charge on any atom is 0.224 e. The number of thiophene rings is 1. The summed E-state index contributed by atoms with van der Waals surface area (Å²) < 4.78 is 0. The van der Waals surface area contributed by atoms with Gasteiger partial charge in [-0.15, -0.1) is 11.3 Å². The van der Waals surface area contributed by atoms with E-state index in [1.165, 1.54) is 4.88 Å². The molecule has 1 aliphatic heterocycles. The average molecular weight is 220 g/mol.